The Hall–Kier alpha value is -0.570. The van der Waals surface area contributed by atoms with Crippen LogP contribution in [0.3, 0.4) is 0 Å². The maximum Gasteiger partial charge on any atom is 0.0435 e. The molecule has 0 aliphatic heterocycles. The van der Waals surface area contributed by atoms with E-state index in [1.807, 2.05) is 25.1 Å². The molecule has 0 heterocycles. The number of nitrogens with two attached hydrogens (primary N) is 2. The molecule has 0 fully saturated rings. The van der Waals surface area contributed by atoms with Gasteiger partial charge in [0.1, 0.15) is 0 Å². The van der Waals surface area contributed by atoms with Crippen LogP contribution in [0.25, 0.3) is 0 Å². The van der Waals surface area contributed by atoms with E-state index in [1.165, 1.54) is 0 Å². The van der Waals surface area contributed by atoms with Crippen molar-refractivity contribution in [1.29, 1.82) is 0 Å². The molecule has 0 spiro atoms. The van der Waals surface area contributed by atoms with Gasteiger partial charge in [-0.1, -0.05) is 23.7 Å². The molecule has 66 valence electrons. The maximum atomic E-state index is 5.86. The molecule has 0 aromatic heterocycles. The van der Waals surface area contributed by atoms with Crippen LogP contribution in [0.4, 0.5) is 0 Å². The van der Waals surface area contributed by atoms with E-state index in [2.05, 4.69) is 0 Å². The summed E-state index contributed by atoms with van der Waals surface area (Å²) in [5, 5.41) is 0.767. The van der Waals surface area contributed by atoms with E-state index in [-0.39, 0.29) is 6.04 Å². The minimum Gasteiger partial charge on any atom is -0.329 e. The Kier molecular flexibility index (Phi) is 3.09. The van der Waals surface area contributed by atoms with Gasteiger partial charge in [0, 0.05) is 17.6 Å². The SMILES string of the molecule is Cc1cc(C(N)CN)ccc1Cl. The van der Waals surface area contributed by atoms with E-state index in [0.717, 1.165) is 16.1 Å². The fourth-order valence-electron chi connectivity index (χ4n) is 1.03. The predicted octanol–water partition coefficient (Wildman–Crippen LogP) is 1.61. The van der Waals surface area contributed by atoms with Crippen LogP contribution in [0, 0.1) is 6.92 Å². The summed E-state index contributed by atoms with van der Waals surface area (Å²) in [6.07, 6.45) is 0. The highest BCUT2D eigenvalue weighted by molar-refractivity contribution is 6.31. The molecule has 0 amide bonds. The van der Waals surface area contributed by atoms with E-state index in [4.69, 9.17) is 23.1 Å². The molecular formula is C9H13ClN2. The summed E-state index contributed by atoms with van der Waals surface area (Å²) >= 11 is 5.86. The van der Waals surface area contributed by atoms with E-state index in [0.29, 0.717) is 6.54 Å². The van der Waals surface area contributed by atoms with Gasteiger partial charge in [-0.3, -0.25) is 0 Å². The van der Waals surface area contributed by atoms with Gasteiger partial charge in [-0.2, -0.15) is 0 Å². The van der Waals surface area contributed by atoms with Gasteiger partial charge in [0.2, 0.25) is 0 Å². The Balaban J connectivity index is 2.96. The molecule has 1 unspecified atom stereocenters. The van der Waals surface area contributed by atoms with Crippen LogP contribution in [0.2, 0.25) is 5.02 Å². The quantitative estimate of drug-likeness (QED) is 0.734. The molecular weight excluding hydrogens is 172 g/mol. The molecule has 0 saturated heterocycles. The predicted molar refractivity (Wildman–Crippen MR) is 52.2 cm³/mol. The monoisotopic (exact) mass is 184 g/mol. The van der Waals surface area contributed by atoms with Gasteiger partial charge in [0.05, 0.1) is 0 Å². The topological polar surface area (TPSA) is 52.0 Å². The first kappa shape index (κ1) is 9.52. The van der Waals surface area contributed by atoms with E-state index < -0.39 is 0 Å². The molecule has 1 rings (SSSR count). The van der Waals surface area contributed by atoms with Crippen molar-refractivity contribution >= 4 is 11.6 Å². The molecule has 1 aromatic carbocycles. The highest BCUT2D eigenvalue weighted by Gasteiger charge is 2.04. The molecule has 0 aliphatic rings. The standard InChI is InChI=1S/C9H13ClN2/c1-6-4-7(9(12)5-11)2-3-8(6)10/h2-4,9H,5,11-12H2,1H3. The summed E-state index contributed by atoms with van der Waals surface area (Å²) in [6.45, 7) is 2.41. The smallest absolute Gasteiger partial charge is 0.0435 e. The Bertz CT molecular complexity index is 273. The molecule has 0 aliphatic carbocycles. The van der Waals surface area contributed by atoms with Gasteiger partial charge in [0.25, 0.3) is 0 Å². The number of halogens is 1. The van der Waals surface area contributed by atoms with Crippen molar-refractivity contribution < 1.29 is 0 Å². The maximum absolute atomic E-state index is 5.86. The molecule has 1 atom stereocenters. The third-order valence-electron chi connectivity index (χ3n) is 1.86. The van der Waals surface area contributed by atoms with Crippen LogP contribution in [0.1, 0.15) is 17.2 Å². The zero-order chi connectivity index (χ0) is 9.14. The number of hydrogen-bond donors (Lipinski definition) is 2. The second-order valence-corrected chi connectivity index (χ2v) is 3.26. The number of benzene rings is 1. The van der Waals surface area contributed by atoms with Gasteiger partial charge in [-0.05, 0) is 24.1 Å². The second kappa shape index (κ2) is 3.90. The molecule has 2 nitrogen and oxygen atoms in total. The van der Waals surface area contributed by atoms with Crippen molar-refractivity contribution in [2.75, 3.05) is 6.54 Å². The molecule has 0 saturated carbocycles. The van der Waals surface area contributed by atoms with Crippen LogP contribution in [-0.2, 0) is 0 Å². The fraction of sp³-hybridized carbons (Fsp3) is 0.333. The number of aryl methyl sites for hydroxylation is 1. The second-order valence-electron chi connectivity index (χ2n) is 2.85. The first-order valence-electron chi connectivity index (χ1n) is 3.87. The van der Waals surface area contributed by atoms with Crippen LogP contribution in [0.15, 0.2) is 18.2 Å². The van der Waals surface area contributed by atoms with Crippen molar-refractivity contribution in [3.05, 3.63) is 34.3 Å². The molecule has 0 bridgehead atoms. The van der Waals surface area contributed by atoms with Crippen LogP contribution in [-0.4, -0.2) is 6.54 Å². The summed E-state index contributed by atoms with van der Waals surface area (Å²) < 4.78 is 0. The average Bonchev–Trinajstić information content (AvgIpc) is 2.08. The highest BCUT2D eigenvalue weighted by Crippen LogP contribution is 2.18. The Morgan fingerprint density at radius 2 is 2.17 bits per heavy atom. The molecule has 1 aromatic rings. The summed E-state index contributed by atoms with van der Waals surface area (Å²) in [7, 11) is 0. The van der Waals surface area contributed by atoms with Crippen molar-refractivity contribution in [2.45, 2.75) is 13.0 Å². The number of hydrogen-bond acceptors (Lipinski definition) is 2. The van der Waals surface area contributed by atoms with Gasteiger partial charge in [0.15, 0.2) is 0 Å². The Morgan fingerprint density at radius 1 is 1.50 bits per heavy atom. The minimum absolute atomic E-state index is 0.0824. The summed E-state index contributed by atoms with van der Waals surface area (Å²) in [5.74, 6) is 0. The van der Waals surface area contributed by atoms with Crippen LogP contribution in [0.5, 0.6) is 0 Å². The first-order valence-corrected chi connectivity index (χ1v) is 4.24. The lowest BCUT2D eigenvalue weighted by Gasteiger charge is -2.09. The third kappa shape index (κ3) is 1.97. The van der Waals surface area contributed by atoms with Crippen LogP contribution >= 0.6 is 11.6 Å². The lowest BCUT2D eigenvalue weighted by molar-refractivity contribution is 0.736. The van der Waals surface area contributed by atoms with Gasteiger partial charge >= 0.3 is 0 Å². The number of rotatable bonds is 2. The zero-order valence-electron chi connectivity index (χ0n) is 7.05. The van der Waals surface area contributed by atoms with Crippen molar-refractivity contribution in [3.8, 4) is 0 Å². The highest BCUT2D eigenvalue weighted by atomic mass is 35.5. The van der Waals surface area contributed by atoms with E-state index >= 15 is 0 Å². The fourth-order valence-corrected chi connectivity index (χ4v) is 1.15. The minimum atomic E-state index is -0.0824. The third-order valence-corrected chi connectivity index (χ3v) is 2.29. The molecule has 12 heavy (non-hydrogen) atoms. The average molecular weight is 185 g/mol. The van der Waals surface area contributed by atoms with Crippen molar-refractivity contribution in [1.82, 2.24) is 0 Å². The summed E-state index contributed by atoms with van der Waals surface area (Å²) in [6, 6.07) is 5.65. The zero-order valence-corrected chi connectivity index (χ0v) is 7.81. The molecule has 0 radical (unpaired) electrons. The van der Waals surface area contributed by atoms with E-state index in [1.54, 1.807) is 0 Å². The lowest BCUT2D eigenvalue weighted by atomic mass is 10.1. The summed E-state index contributed by atoms with van der Waals surface area (Å²) in [4.78, 5) is 0. The van der Waals surface area contributed by atoms with Crippen molar-refractivity contribution in [2.24, 2.45) is 11.5 Å². The Morgan fingerprint density at radius 3 is 2.67 bits per heavy atom. The van der Waals surface area contributed by atoms with Gasteiger partial charge in [-0.15, -0.1) is 0 Å². The molecule has 4 N–H and O–H groups in total. The normalized spacial score (nSPS) is 13.0. The largest absolute Gasteiger partial charge is 0.329 e. The van der Waals surface area contributed by atoms with Crippen LogP contribution < -0.4 is 11.5 Å². The van der Waals surface area contributed by atoms with E-state index in [9.17, 15) is 0 Å². The van der Waals surface area contributed by atoms with Gasteiger partial charge in [-0.25, -0.2) is 0 Å². The summed E-state index contributed by atoms with van der Waals surface area (Å²) in [5.41, 5.74) is 13.3. The Labute approximate surface area is 77.5 Å². The lowest BCUT2D eigenvalue weighted by Crippen LogP contribution is -2.20. The first-order chi connectivity index (χ1) is 5.65. The van der Waals surface area contributed by atoms with Gasteiger partial charge < -0.3 is 11.5 Å². The molecule has 3 heteroatoms. The van der Waals surface area contributed by atoms with Crippen molar-refractivity contribution in [3.63, 3.8) is 0 Å².